The Hall–Kier alpha value is -0.780. The summed E-state index contributed by atoms with van der Waals surface area (Å²) >= 11 is 0. The van der Waals surface area contributed by atoms with E-state index in [1.54, 1.807) is 0 Å². The molecule has 0 heterocycles. The summed E-state index contributed by atoms with van der Waals surface area (Å²) in [5, 5.41) is 0. The number of rotatable bonds is 4. The lowest BCUT2D eigenvalue weighted by molar-refractivity contribution is -0.936. The summed E-state index contributed by atoms with van der Waals surface area (Å²) < 4.78 is 0.903. The number of hydrogen-bond donors (Lipinski definition) is 0. The minimum atomic E-state index is 0. The summed E-state index contributed by atoms with van der Waals surface area (Å²) in [6.45, 7) is 6.23. The average Bonchev–Trinajstić information content (AvgIpc) is 2.19. The molecule has 0 aromatic heterocycles. The van der Waals surface area contributed by atoms with Crippen molar-refractivity contribution in [3.63, 3.8) is 0 Å². The van der Waals surface area contributed by atoms with E-state index in [2.05, 4.69) is 51.1 Å². The first-order valence-corrected chi connectivity index (χ1v) is 5.40. The summed E-state index contributed by atoms with van der Waals surface area (Å²) in [7, 11) is 2.22. The minimum absolute atomic E-state index is 0. The minimum Gasteiger partial charge on any atom is -1.00 e. The fraction of sp³-hybridized carbons (Fsp3) is 0.429. The molecule has 0 unspecified atom stereocenters. The van der Waals surface area contributed by atoms with Crippen LogP contribution in [0.5, 0.6) is 0 Å². The summed E-state index contributed by atoms with van der Waals surface area (Å²) in [6, 6.07) is 11.1. The van der Waals surface area contributed by atoms with Crippen molar-refractivity contribution < 1.29 is 21.5 Å². The van der Waals surface area contributed by atoms with E-state index in [1.807, 2.05) is 6.07 Å². The third-order valence-corrected chi connectivity index (χ3v) is 3.09. The van der Waals surface area contributed by atoms with E-state index in [4.69, 9.17) is 6.42 Å². The Bertz CT molecular complexity index is 340. The molecule has 1 atom stereocenters. The molecule has 0 radical (unpaired) electrons. The molecule has 1 aromatic rings. The Morgan fingerprint density at radius 3 is 2.25 bits per heavy atom. The van der Waals surface area contributed by atoms with Crippen LogP contribution >= 0.6 is 0 Å². The van der Waals surface area contributed by atoms with Gasteiger partial charge in [0.2, 0.25) is 0 Å². The summed E-state index contributed by atoms with van der Waals surface area (Å²) in [5.74, 6) is 2.78. The van der Waals surface area contributed by atoms with Gasteiger partial charge in [0.15, 0.2) is 0 Å². The maximum absolute atomic E-state index is 5.44. The van der Waals surface area contributed by atoms with Gasteiger partial charge in [-0.3, -0.25) is 0 Å². The first-order chi connectivity index (χ1) is 7.08. The third-order valence-electron chi connectivity index (χ3n) is 3.09. The van der Waals surface area contributed by atoms with Crippen molar-refractivity contribution >= 4 is 0 Å². The summed E-state index contributed by atoms with van der Waals surface area (Å²) in [4.78, 5) is 0. The molecule has 0 amide bonds. The van der Waals surface area contributed by atoms with Gasteiger partial charge in [-0.1, -0.05) is 30.3 Å². The molecule has 1 aromatic carbocycles. The van der Waals surface area contributed by atoms with Crippen molar-refractivity contribution in [1.29, 1.82) is 0 Å². The molecule has 0 bridgehead atoms. The van der Waals surface area contributed by atoms with Crippen molar-refractivity contribution in [3.8, 4) is 12.3 Å². The molecule has 0 aliphatic carbocycles. The van der Waals surface area contributed by atoms with Crippen LogP contribution < -0.4 is 17.0 Å². The maximum Gasteiger partial charge on any atom is 0.140 e. The van der Waals surface area contributed by atoms with Crippen LogP contribution in [0, 0.1) is 12.3 Å². The highest BCUT2D eigenvalue weighted by Gasteiger charge is 2.24. The zero-order valence-electron chi connectivity index (χ0n) is 10.3. The predicted octanol–water partition coefficient (Wildman–Crippen LogP) is -0.321. The van der Waals surface area contributed by atoms with Gasteiger partial charge in [-0.2, -0.15) is 0 Å². The molecule has 0 N–H and O–H groups in total. The topological polar surface area (TPSA) is 0 Å². The fourth-order valence-corrected chi connectivity index (χ4v) is 1.63. The van der Waals surface area contributed by atoms with Crippen molar-refractivity contribution in [1.82, 2.24) is 0 Å². The lowest BCUT2D eigenvalue weighted by Crippen LogP contribution is -3.00. The number of terminal acetylenes is 1. The molecule has 2 heteroatoms. The van der Waals surface area contributed by atoms with Crippen LogP contribution in [0.15, 0.2) is 30.3 Å². The van der Waals surface area contributed by atoms with Gasteiger partial charge in [-0.05, 0) is 19.8 Å². The normalized spacial score (nSPS) is 13.7. The van der Waals surface area contributed by atoms with Crippen molar-refractivity contribution in [2.24, 2.45) is 0 Å². The van der Waals surface area contributed by atoms with E-state index < -0.39 is 0 Å². The van der Waals surface area contributed by atoms with Gasteiger partial charge in [0.05, 0.1) is 13.1 Å². The Balaban J connectivity index is 0.00000225. The Morgan fingerprint density at radius 1 is 1.25 bits per heavy atom. The molecule has 0 fully saturated rings. The SMILES string of the molecule is C#CC[N@+](C)(Cc1ccccc1)C(C)C.[Br-]. The van der Waals surface area contributed by atoms with E-state index in [0.717, 1.165) is 17.6 Å². The van der Waals surface area contributed by atoms with E-state index in [-0.39, 0.29) is 17.0 Å². The van der Waals surface area contributed by atoms with Crippen LogP contribution in [0.1, 0.15) is 19.4 Å². The monoisotopic (exact) mass is 281 g/mol. The number of halogens is 1. The van der Waals surface area contributed by atoms with Crippen LogP contribution in [0.2, 0.25) is 0 Å². The highest BCUT2D eigenvalue weighted by molar-refractivity contribution is 5.13. The van der Waals surface area contributed by atoms with Gasteiger partial charge in [0.25, 0.3) is 0 Å². The molecule has 0 saturated carbocycles. The van der Waals surface area contributed by atoms with Crippen molar-refractivity contribution in [3.05, 3.63) is 35.9 Å². The Labute approximate surface area is 110 Å². The predicted molar refractivity (Wildman–Crippen MR) is 65.2 cm³/mol. The number of benzene rings is 1. The first-order valence-electron chi connectivity index (χ1n) is 5.40. The molecule has 0 aliphatic rings. The zero-order chi connectivity index (χ0) is 11.3. The number of hydrogen-bond acceptors (Lipinski definition) is 0. The molecule has 1 nitrogen and oxygen atoms in total. The molecule has 0 aliphatic heterocycles. The molecular weight excluding hydrogens is 262 g/mol. The lowest BCUT2D eigenvalue weighted by atomic mass is 10.1. The second-order valence-electron chi connectivity index (χ2n) is 4.58. The van der Waals surface area contributed by atoms with Crippen molar-refractivity contribution in [2.45, 2.75) is 26.4 Å². The quantitative estimate of drug-likeness (QED) is 0.524. The molecule has 1 rings (SSSR count). The smallest absolute Gasteiger partial charge is 0.140 e. The van der Waals surface area contributed by atoms with E-state index in [1.165, 1.54) is 5.56 Å². The van der Waals surface area contributed by atoms with E-state index >= 15 is 0 Å². The van der Waals surface area contributed by atoms with Crippen LogP contribution in [0.3, 0.4) is 0 Å². The molecular formula is C14H20BrN. The average molecular weight is 282 g/mol. The van der Waals surface area contributed by atoms with Crippen LogP contribution in [0.4, 0.5) is 0 Å². The molecule has 88 valence electrons. The fourth-order valence-electron chi connectivity index (χ4n) is 1.63. The van der Waals surface area contributed by atoms with Crippen LogP contribution in [-0.4, -0.2) is 24.1 Å². The third kappa shape index (κ3) is 4.00. The molecule has 16 heavy (non-hydrogen) atoms. The number of nitrogens with zero attached hydrogens (tertiary/aromatic N) is 1. The van der Waals surface area contributed by atoms with E-state index in [9.17, 15) is 0 Å². The second-order valence-corrected chi connectivity index (χ2v) is 4.58. The first kappa shape index (κ1) is 15.2. The van der Waals surface area contributed by atoms with Gasteiger partial charge >= 0.3 is 0 Å². The van der Waals surface area contributed by atoms with E-state index in [0.29, 0.717) is 6.04 Å². The molecule has 0 spiro atoms. The second kappa shape index (κ2) is 6.73. The van der Waals surface area contributed by atoms with Crippen molar-refractivity contribution in [2.75, 3.05) is 13.6 Å². The lowest BCUT2D eigenvalue weighted by Gasteiger charge is -2.37. The highest BCUT2D eigenvalue weighted by Crippen LogP contribution is 2.15. The van der Waals surface area contributed by atoms with Crippen LogP contribution in [0.25, 0.3) is 0 Å². The summed E-state index contributed by atoms with van der Waals surface area (Å²) in [6.07, 6.45) is 5.44. The zero-order valence-corrected chi connectivity index (χ0v) is 11.9. The largest absolute Gasteiger partial charge is 1.00 e. The summed E-state index contributed by atoms with van der Waals surface area (Å²) in [5.41, 5.74) is 1.35. The highest BCUT2D eigenvalue weighted by atomic mass is 79.9. The molecule has 0 saturated heterocycles. The van der Waals surface area contributed by atoms with Gasteiger partial charge in [0.1, 0.15) is 13.1 Å². The number of quaternary nitrogens is 1. The Morgan fingerprint density at radius 2 is 1.81 bits per heavy atom. The van der Waals surface area contributed by atoms with Gasteiger partial charge in [0, 0.05) is 5.56 Å². The van der Waals surface area contributed by atoms with Gasteiger partial charge in [-0.15, -0.1) is 6.42 Å². The maximum atomic E-state index is 5.44. The van der Waals surface area contributed by atoms with Gasteiger partial charge < -0.3 is 21.5 Å². The van der Waals surface area contributed by atoms with Crippen LogP contribution in [-0.2, 0) is 6.54 Å². The Kier molecular flexibility index (Phi) is 6.40. The standard InChI is InChI=1S/C14H20N.BrH/c1-5-11-15(4,13(2)3)12-14-9-7-6-8-10-14;/h1,6-10,13H,11-12H2,2-4H3;1H/q+1;/p-1/t15-;/m1./s1. The van der Waals surface area contributed by atoms with Gasteiger partial charge in [-0.25, -0.2) is 0 Å².